The van der Waals surface area contributed by atoms with E-state index < -0.39 is 29.9 Å². The van der Waals surface area contributed by atoms with Crippen molar-refractivity contribution >= 4 is 34.0 Å². The Bertz CT molecular complexity index is 1190. The van der Waals surface area contributed by atoms with Crippen LogP contribution in [-0.2, 0) is 23.9 Å². The van der Waals surface area contributed by atoms with Gasteiger partial charge in [-0.25, -0.2) is 4.39 Å². The molecule has 1 heterocycles. The standard InChI is InChI=1S/C21H17ClF4N2O3/c22-16-5-3-14-13(6-8-28(20(14)31)7-1-9-29)19(16)27-18(30)11-12-2-4-15(17(23)10-12)21(24,25)26/h2-6,8,10,29H,1,7,9,11H2,(H,27,30). The summed E-state index contributed by atoms with van der Waals surface area (Å²) in [5, 5.41) is 12.3. The molecule has 10 heteroatoms. The lowest BCUT2D eigenvalue weighted by atomic mass is 10.1. The van der Waals surface area contributed by atoms with Gasteiger partial charge < -0.3 is 15.0 Å². The number of anilines is 1. The van der Waals surface area contributed by atoms with Gasteiger partial charge in [0.1, 0.15) is 5.82 Å². The topological polar surface area (TPSA) is 71.3 Å². The van der Waals surface area contributed by atoms with Crippen LogP contribution in [0.4, 0.5) is 23.2 Å². The first-order chi connectivity index (χ1) is 14.6. The van der Waals surface area contributed by atoms with E-state index in [-0.39, 0.29) is 28.4 Å². The molecule has 0 aliphatic rings. The van der Waals surface area contributed by atoms with Gasteiger partial charge in [0.15, 0.2) is 0 Å². The Morgan fingerprint density at radius 1 is 1.13 bits per heavy atom. The van der Waals surface area contributed by atoms with Crippen molar-refractivity contribution in [1.82, 2.24) is 4.57 Å². The van der Waals surface area contributed by atoms with E-state index >= 15 is 0 Å². The van der Waals surface area contributed by atoms with Crippen molar-refractivity contribution in [3.63, 3.8) is 0 Å². The fourth-order valence-corrected chi connectivity index (χ4v) is 3.36. The lowest BCUT2D eigenvalue weighted by Crippen LogP contribution is -2.21. The maximum Gasteiger partial charge on any atom is 0.419 e. The van der Waals surface area contributed by atoms with Gasteiger partial charge in [-0.2, -0.15) is 13.2 Å². The van der Waals surface area contributed by atoms with Crippen LogP contribution in [0.5, 0.6) is 0 Å². The number of alkyl halides is 3. The van der Waals surface area contributed by atoms with E-state index in [4.69, 9.17) is 16.7 Å². The minimum Gasteiger partial charge on any atom is -0.396 e. The van der Waals surface area contributed by atoms with Crippen LogP contribution in [0.25, 0.3) is 10.8 Å². The van der Waals surface area contributed by atoms with Crippen LogP contribution in [0.15, 0.2) is 47.4 Å². The molecule has 0 atom stereocenters. The maximum absolute atomic E-state index is 13.7. The van der Waals surface area contributed by atoms with E-state index in [9.17, 15) is 27.2 Å². The number of fused-ring (bicyclic) bond motifs is 1. The number of halogens is 5. The first kappa shape index (κ1) is 22.8. The van der Waals surface area contributed by atoms with Gasteiger partial charge in [0.25, 0.3) is 5.56 Å². The number of hydrogen-bond acceptors (Lipinski definition) is 3. The number of aromatic nitrogens is 1. The highest BCUT2D eigenvalue weighted by Crippen LogP contribution is 2.32. The molecule has 0 saturated carbocycles. The van der Waals surface area contributed by atoms with E-state index in [0.29, 0.717) is 35.9 Å². The summed E-state index contributed by atoms with van der Waals surface area (Å²) in [6.07, 6.45) is -3.31. The predicted molar refractivity (Wildman–Crippen MR) is 109 cm³/mol. The van der Waals surface area contributed by atoms with Gasteiger partial charge >= 0.3 is 6.18 Å². The molecule has 0 fully saturated rings. The zero-order chi connectivity index (χ0) is 22.8. The van der Waals surface area contributed by atoms with Crippen molar-refractivity contribution in [2.45, 2.75) is 25.6 Å². The Morgan fingerprint density at radius 3 is 2.52 bits per heavy atom. The Hall–Kier alpha value is -2.91. The quantitative estimate of drug-likeness (QED) is 0.541. The molecule has 0 aliphatic heterocycles. The van der Waals surface area contributed by atoms with Gasteiger partial charge in [0.05, 0.1) is 22.7 Å². The van der Waals surface area contributed by atoms with Crippen LogP contribution < -0.4 is 10.9 Å². The number of carbonyl (C=O) groups is 1. The highest BCUT2D eigenvalue weighted by Gasteiger charge is 2.34. The molecule has 1 amide bonds. The number of benzene rings is 2. The summed E-state index contributed by atoms with van der Waals surface area (Å²) in [6, 6.07) is 6.81. The molecule has 164 valence electrons. The molecule has 0 spiro atoms. The van der Waals surface area contributed by atoms with E-state index in [0.717, 1.165) is 6.07 Å². The second-order valence-electron chi connectivity index (χ2n) is 6.81. The van der Waals surface area contributed by atoms with Crippen LogP contribution in [0.1, 0.15) is 17.5 Å². The molecule has 3 rings (SSSR count). The Morgan fingerprint density at radius 2 is 1.87 bits per heavy atom. The molecule has 0 bridgehead atoms. The number of amides is 1. The summed E-state index contributed by atoms with van der Waals surface area (Å²) in [6.45, 7) is 0.242. The van der Waals surface area contributed by atoms with Crippen molar-refractivity contribution in [3.05, 3.63) is 74.9 Å². The molecule has 2 N–H and O–H groups in total. The average molecular weight is 457 g/mol. The van der Waals surface area contributed by atoms with Gasteiger partial charge in [-0.1, -0.05) is 17.7 Å². The van der Waals surface area contributed by atoms with Crippen LogP contribution in [-0.4, -0.2) is 22.2 Å². The number of nitrogens with zero attached hydrogens (tertiary/aromatic N) is 1. The SMILES string of the molecule is O=C(Cc1ccc(C(F)(F)F)c(F)c1)Nc1c(Cl)ccc2c(=O)n(CCCO)ccc12. The fourth-order valence-electron chi connectivity index (χ4n) is 3.15. The fraction of sp³-hybridized carbons (Fsp3) is 0.238. The van der Waals surface area contributed by atoms with Crippen molar-refractivity contribution in [2.75, 3.05) is 11.9 Å². The number of aliphatic hydroxyl groups excluding tert-OH is 1. The van der Waals surface area contributed by atoms with Gasteiger partial charge in [0, 0.05) is 30.1 Å². The van der Waals surface area contributed by atoms with Crippen LogP contribution in [0.2, 0.25) is 5.02 Å². The molecule has 2 aromatic carbocycles. The highest BCUT2D eigenvalue weighted by molar-refractivity contribution is 6.35. The second kappa shape index (κ2) is 9.07. The third kappa shape index (κ3) is 5.05. The molecule has 0 saturated heterocycles. The molecule has 0 radical (unpaired) electrons. The number of aryl methyl sites for hydroxylation is 1. The average Bonchev–Trinajstić information content (AvgIpc) is 2.68. The van der Waals surface area contributed by atoms with Crippen molar-refractivity contribution in [3.8, 4) is 0 Å². The lowest BCUT2D eigenvalue weighted by Gasteiger charge is -2.13. The number of carbonyl (C=O) groups excluding carboxylic acids is 1. The van der Waals surface area contributed by atoms with Gasteiger partial charge in [-0.15, -0.1) is 0 Å². The second-order valence-corrected chi connectivity index (χ2v) is 7.22. The van der Waals surface area contributed by atoms with E-state index in [2.05, 4.69) is 5.32 Å². The molecular formula is C21H17ClF4N2O3. The van der Waals surface area contributed by atoms with Crippen LogP contribution >= 0.6 is 11.6 Å². The third-order valence-electron chi connectivity index (χ3n) is 4.63. The summed E-state index contributed by atoms with van der Waals surface area (Å²) in [5.74, 6) is -2.11. The van der Waals surface area contributed by atoms with Gasteiger partial charge in [-0.3, -0.25) is 9.59 Å². The van der Waals surface area contributed by atoms with Crippen molar-refractivity contribution in [1.29, 1.82) is 0 Å². The Kier molecular flexibility index (Phi) is 6.66. The summed E-state index contributed by atoms with van der Waals surface area (Å²) >= 11 is 6.18. The Balaban J connectivity index is 1.86. The monoisotopic (exact) mass is 456 g/mol. The maximum atomic E-state index is 13.7. The minimum atomic E-state index is -4.83. The van der Waals surface area contributed by atoms with Crippen molar-refractivity contribution < 1.29 is 27.5 Å². The number of hydrogen-bond donors (Lipinski definition) is 2. The largest absolute Gasteiger partial charge is 0.419 e. The normalized spacial score (nSPS) is 11.7. The molecule has 3 aromatic rings. The molecule has 0 unspecified atom stereocenters. The summed E-state index contributed by atoms with van der Waals surface area (Å²) in [5.41, 5.74) is -1.53. The first-order valence-electron chi connectivity index (χ1n) is 9.20. The summed E-state index contributed by atoms with van der Waals surface area (Å²) in [7, 11) is 0. The van der Waals surface area contributed by atoms with E-state index in [1.165, 1.54) is 22.9 Å². The third-order valence-corrected chi connectivity index (χ3v) is 4.95. The molecular weight excluding hydrogens is 440 g/mol. The van der Waals surface area contributed by atoms with E-state index in [1.54, 1.807) is 6.07 Å². The molecule has 0 aliphatic carbocycles. The molecule has 1 aromatic heterocycles. The first-order valence-corrected chi connectivity index (χ1v) is 9.57. The number of nitrogens with one attached hydrogen (secondary N) is 1. The van der Waals surface area contributed by atoms with E-state index in [1.807, 2.05) is 0 Å². The zero-order valence-corrected chi connectivity index (χ0v) is 16.7. The summed E-state index contributed by atoms with van der Waals surface area (Å²) < 4.78 is 53.2. The highest BCUT2D eigenvalue weighted by atomic mass is 35.5. The molecule has 5 nitrogen and oxygen atoms in total. The smallest absolute Gasteiger partial charge is 0.396 e. The van der Waals surface area contributed by atoms with Crippen LogP contribution in [0.3, 0.4) is 0 Å². The van der Waals surface area contributed by atoms with Gasteiger partial charge in [-0.05, 0) is 42.3 Å². The zero-order valence-electron chi connectivity index (χ0n) is 16.0. The van der Waals surface area contributed by atoms with Gasteiger partial charge in [0.2, 0.25) is 5.91 Å². The number of rotatable bonds is 6. The minimum absolute atomic E-state index is 0.0470. The van der Waals surface area contributed by atoms with Crippen molar-refractivity contribution in [2.24, 2.45) is 0 Å². The predicted octanol–water partition coefficient (Wildman–Crippen LogP) is 4.38. The number of pyridine rings is 1. The summed E-state index contributed by atoms with van der Waals surface area (Å²) in [4.78, 5) is 25.1. The lowest BCUT2D eigenvalue weighted by molar-refractivity contribution is -0.140. The Labute approximate surface area is 178 Å². The van der Waals surface area contributed by atoms with Crippen LogP contribution in [0, 0.1) is 5.82 Å². The molecule has 31 heavy (non-hydrogen) atoms. The number of aliphatic hydroxyl groups is 1.